The average molecular weight is 421 g/mol. The summed E-state index contributed by atoms with van der Waals surface area (Å²) in [5, 5.41) is 0. The molecular formula is C21H32N4O3S. The van der Waals surface area contributed by atoms with Gasteiger partial charge < -0.3 is 14.2 Å². The van der Waals surface area contributed by atoms with Crippen molar-refractivity contribution in [1.29, 1.82) is 0 Å². The van der Waals surface area contributed by atoms with Gasteiger partial charge in [0.05, 0.1) is 18.0 Å². The smallest absolute Gasteiger partial charge is 0.240 e. The fraction of sp³-hybridized carbons (Fsp3) is 0.524. The van der Waals surface area contributed by atoms with E-state index in [0.717, 1.165) is 48.7 Å². The first-order chi connectivity index (χ1) is 13.7. The number of sulfonamides is 1. The Kier molecular flexibility index (Phi) is 6.68. The van der Waals surface area contributed by atoms with Crippen molar-refractivity contribution in [2.24, 2.45) is 7.05 Å². The van der Waals surface area contributed by atoms with E-state index in [4.69, 9.17) is 4.74 Å². The largest absolute Gasteiger partial charge is 0.496 e. The molecule has 0 amide bonds. The first-order valence-electron chi connectivity index (χ1n) is 9.91. The van der Waals surface area contributed by atoms with Gasteiger partial charge in [-0.15, -0.1) is 0 Å². The number of nitrogens with zero attached hydrogens (tertiary/aromatic N) is 3. The van der Waals surface area contributed by atoms with Gasteiger partial charge in [-0.2, -0.15) is 0 Å². The molecule has 1 aliphatic heterocycles. The van der Waals surface area contributed by atoms with Crippen LogP contribution in [0.4, 0.5) is 0 Å². The Morgan fingerprint density at radius 3 is 2.24 bits per heavy atom. The van der Waals surface area contributed by atoms with E-state index >= 15 is 0 Å². The minimum Gasteiger partial charge on any atom is -0.496 e. The fourth-order valence-electron chi connectivity index (χ4n) is 4.03. The number of ether oxygens (including phenoxy) is 1. The molecule has 0 spiro atoms. The summed E-state index contributed by atoms with van der Waals surface area (Å²) in [5.41, 5.74) is 2.73. The van der Waals surface area contributed by atoms with E-state index in [2.05, 4.69) is 32.2 Å². The number of aromatic nitrogens is 1. The molecule has 2 heterocycles. The van der Waals surface area contributed by atoms with E-state index in [9.17, 15) is 8.42 Å². The highest BCUT2D eigenvalue weighted by molar-refractivity contribution is 7.89. The third-order valence-electron chi connectivity index (χ3n) is 5.72. The van der Waals surface area contributed by atoms with Crippen molar-refractivity contribution >= 4 is 10.0 Å². The molecule has 1 saturated heterocycles. The number of rotatable bonds is 7. The molecule has 2 aromatic rings. The Bertz CT molecular complexity index is 924. The van der Waals surface area contributed by atoms with Gasteiger partial charge in [0.25, 0.3) is 0 Å². The Hall–Kier alpha value is -1.87. The second-order valence-corrected chi connectivity index (χ2v) is 9.61. The lowest BCUT2D eigenvalue weighted by atomic mass is 10.1. The minimum atomic E-state index is -3.63. The molecule has 1 atom stereocenters. The lowest BCUT2D eigenvalue weighted by molar-refractivity contribution is 0.109. The normalized spacial score (nSPS) is 17.4. The van der Waals surface area contributed by atoms with E-state index in [1.54, 1.807) is 19.2 Å². The molecule has 1 fully saturated rings. The maximum absolute atomic E-state index is 13.0. The minimum absolute atomic E-state index is 0.0149. The number of methoxy groups -OCH3 is 1. The summed E-state index contributed by atoms with van der Waals surface area (Å²) in [5.74, 6) is 0.725. The van der Waals surface area contributed by atoms with Crippen LogP contribution in [0.2, 0.25) is 0 Å². The molecule has 7 nitrogen and oxygen atoms in total. The van der Waals surface area contributed by atoms with Crippen LogP contribution in [0, 0.1) is 13.8 Å². The van der Waals surface area contributed by atoms with Crippen LogP contribution < -0.4 is 9.46 Å². The summed E-state index contributed by atoms with van der Waals surface area (Å²) in [7, 11) is 2.09. The molecule has 3 rings (SSSR count). The molecular weight excluding hydrogens is 388 g/mol. The van der Waals surface area contributed by atoms with Crippen molar-refractivity contribution in [3.8, 4) is 5.75 Å². The highest BCUT2D eigenvalue weighted by Gasteiger charge is 2.27. The van der Waals surface area contributed by atoms with Gasteiger partial charge >= 0.3 is 0 Å². The number of hydrogen-bond donors (Lipinski definition) is 1. The van der Waals surface area contributed by atoms with Gasteiger partial charge in [0.15, 0.2) is 0 Å². The van der Waals surface area contributed by atoms with Crippen molar-refractivity contribution < 1.29 is 13.2 Å². The molecule has 1 aromatic carbocycles. The summed E-state index contributed by atoms with van der Waals surface area (Å²) in [6.45, 7) is 7.83. The van der Waals surface area contributed by atoms with Crippen molar-refractivity contribution in [1.82, 2.24) is 19.1 Å². The van der Waals surface area contributed by atoms with Gasteiger partial charge in [-0.1, -0.05) is 0 Å². The first kappa shape index (κ1) is 21.8. The van der Waals surface area contributed by atoms with Gasteiger partial charge in [0.1, 0.15) is 5.75 Å². The Morgan fingerprint density at radius 2 is 1.72 bits per heavy atom. The molecule has 1 aromatic heterocycles. The zero-order valence-electron chi connectivity index (χ0n) is 18.0. The van der Waals surface area contributed by atoms with E-state index in [1.165, 1.54) is 0 Å². The van der Waals surface area contributed by atoms with Crippen molar-refractivity contribution in [3.05, 3.63) is 47.3 Å². The molecule has 0 bridgehead atoms. The van der Waals surface area contributed by atoms with Crippen LogP contribution in [-0.4, -0.2) is 69.7 Å². The van der Waals surface area contributed by atoms with Gasteiger partial charge in [-0.3, -0.25) is 4.90 Å². The first-order valence-corrected chi connectivity index (χ1v) is 11.4. The number of likely N-dealkylation sites (N-methyl/N-ethyl adjacent to an activating group) is 1. The monoisotopic (exact) mass is 420 g/mol. The number of hydrogen-bond acceptors (Lipinski definition) is 5. The molecule has 0 radical (unpaired) electrons. The third kappa shape index (κ3) is 4.83. The van der Waals surface area contributed by atoms with E-state index in [1.807, 2.05) is 33.2 Å². The molecule has 0 unspecified atom stereocenters. The van der Waals surface area contributed by atoms with Gasteiger partial charge in [-0.05, 0) is 56.3 Å². The molecule has 1 aliphatic rings. The average Bonchev–Trinajstić information content (AvgIpc) is 3.09. The maximum Gasteiger partial charge on any atom is 0.240 e. The summed E-state index contributed by atoms with van der Waals surface area (Å²) < 4.78 is 36.4. The van der Waals surface area contributed by atoms with Crippen LogP contribution >= 0.6 is 0 Å². The van der Waals surface area contributed by atoms with Crippen molar-refractivity contribution in [2.45, 2.75) is 24.8 Å². The quantitative estimate of drug-likeness (QED) is 0.741. The zero-order valence-corrected chi connectivity index (χ0v) is 18.8. The highest BCUT2D eigenvalue weighted by Crippen LogP contribution is 2.27. The number of benzene rings is 1. The number of nitrogens with one attached hydrogen (secondary N) is 1. The predicted octanol–water partition coefficient (Wildman–Crippen LogP) is 1.92. The highest BCUT2D eigenvalue weighted by atomic mass is 32.2. The lowest BCUT2D eigenvalue weighted by Gasteiger charge is -2.38. The van der Waals surface area contributed by atoms with E-state index < -0.39 is 10.0 Å². The van der Waals surface area contributed by atoms with Crippen molar-refractivity contribution in [2.75, 3.05) is 46.9 Å². The third-order valence-corrected chi connectivity index (χ3v) is 7.12. The van der Waals surface area contributed by atoms with Gasteiger partial charge in [0.2, 0.25) is 10.0 Å². The summed E-state index contributed by atoms with van der Waals surface area (Å²) in [6.07, 6.45) is 2.00. The summed E-state index contributed by atoms with van der Waals surface area (Å²) in [6, 6.07) is 7.39. The lowest BCUT2D eigenvalue weighted by Crippen LogP contribution is -2.48. The van der Waals surface area contributed by atoms with Crippen LogP contribution in [0.1, 0.15) is 22.9 Å². The van der Waals surface area contributed by atoms with Crippen molar-refractivity contribution in [3.63, 3.8) is 0 Å². The summed E-state index contributed by atoms with van der Waals surface area (Å²) >= 11 is 0. The van der Waals surface area contributed by atoms with Crippen LogP contribution in [0.15, 0.2) is 35.4 Å². The van der Waals surface area contributed by atoms with Crippen LogP contribution in [0.3, 0.4) is 0 Å². The Balaban J connectivity index is 1.82. The molecule has 0 aliphatic carbocycles. The Labute approximate surface area is 174 Å². The molecule has 8 heteroatoms. The fourth-order valence-corrected chi connectivity index (χ4v) is 5.24. The molecule has 160 valence electrons. The summed E-state index contributed by atoms with van der Waals surface area (Å²) in [4.78, 5) is 4.94. The second kappa shape index (κ2) is 8.87. The molecule has 29 heavy (non-hydrogen) atoms. The van der Waals surface area contributed by atoms with E-state index in [0.29, 0.717) is 6.54 Å². The predicted molar refractivity (Wildman–Crippen MR) is 115 cm³/mol. The molecule has 1 N–H and O–H groups in total. The van der Waals surface area contributed by atoms with Crippen LogP contribution in [0.25, 0.3) is 0 Å². The molecule has 0 saturated carbocycles. The topological polar surface area (TPSA) is 66.8 Å². The zero-order chi connectivity index (χ0) is 21.2. The SMILES string of the molecule is COc1c(C)cc(S(=O)(=O)NC[C@H](c2cccn2C)N2CCN(C)CC2)cc1C. The second-order valence-electron chi connectivity index (χ2n) is 7.84. The van der Waals surface area contributed by atoms with Gasteiger partial charge in [0, 0.05) is 51.7 Å². The number of aryl methyl sites for hydroxylation is 3. The van der Waals surface area contributed by atoms with E-state index in [-0.39, 0.29) is 10.9 Å². The maximum atomic E-state index is 13.0. The van der Waals surface area contributed by atoms with Crippen LogP contribution in [0.5, 0.6) is 5.75 Å². The Morgan fingerprint density at radius 1 is 1.10 bits per heavy atom. The number of piperazine rings is 1. The standard InChI is InChI=1S/C21H32N4O3S/c1-16-13-18(14-17(2)21(16)28-5)29(26,27)22-15-20(19-7-6-8-24(19)4)25-11-9-23(3)10-12-25/h6-8,13-14,20,22H,9-12,15H2,1-5H3/t20-/m1/s1. The van der Waals surface area contributed by atoms with Gasteiger partial charge in [-0.25, -0.2) is 13.1 Å². The van der Waals surface area contributed by atoms with Crippen LogP contribution in [-0.2, 0) is 17.1 Å².